The smallest absolute Gasteiger partial charge is 0.328 e. The lowest BCUT2D eigenvalue weighted by atomic mass is 10.3. The fraction of sp³-hybridized carbons (Fsp3) is 0. The summed E-state index contributed by atoms with van der Waals surface area (Å²) >= 11 is 0. The first-order valence-corrected chi connectivity index (χ1v) is 3.37. The summed E-state index contributed by atoms with van der Waals surface area (Å²) in [6.45, 7) is 0. The predicted molar refractivity (Wildman–Crippen MR) is 41.1 cm³/mol. The molecule has 0 atom stereocenters. The number of aromatic nitrogens is 2. The van der Waals surface area contributed by atoms with E-state index < -0.39 is 0 Å². The Morgan fingerprint density at radius 2 is 2.33 bits per heavy atom. The van der Waals surface area contributed by atoms with Gasteiger partial charge in [0, 0.05) is 6.07 Å². The van der Waals surface area contributed by atoms with Crippen LogP contribution in [0.2, 0.25) is 0 Å². The molecular formula is C7H6N3O2+. The number of hydrogen-bond acceptors (Lipinski definition) is 3. The van der Waals surface area contributed by atoms with E-state index in [0.29, 0.717) is 16.7 Å². The molecule has 2 N–H and O–H groups in total. The monoisotopic (exact) mass is 164 g/mol. The minimum atomic E-state index is 0.316. The van der Waals surface area contributed by atoms with Crippen LogP contribution in [0.3, 0.4) is 0 Å². The quantitative estimate of drug-likeness (QED) is 0.376. The van der Waals surface area contributed by atoms with Crippen LogP contribution in [0.25, 0.3) is 11.0 Å². The van der Waals surface area contributed by atoms with E-state index in [-0.39, 0.29) is 0 Å². The van der Waals surface area contributed by atoms with E-state index in [1.165, 1.54) is 12.3 Å². The summed E-state index contributed by atoms with van der Waals surface area (Å²) in [4.78, 5) is 13.1. The van der Waals surface area contributed by atoms with Crippen molar-refractivity contribution in [1.29, 1.82) is 0 Å². The Bertz CT molecular complexity index is 435. The van der Waals surface area contributed by atoms with Gasteiger partial charge in [0.05, 0.1) is 6.20 Å². The lowest BCUT2D eigenvalue weighted by Crippen LogP contribution is -2.29. The number of aromatic amines is 1. The summed E-state index contributed by atoms with van der Waals surface area (Å²) in [5, 5.41) is 12.6. The predicted octanol–water partition coefficient (Wildman–Crippen LogP) is 1.09. The summed E-state index contributed by atoms with van der Waals surface area (Å²) in [6, 6.07) is 3.13. The van der Waals surface area contributed by atoms with Crippen molar-refractivity contribution < 1.29 is 9.94 Å². The first-order chi connectivity index (χ1) is 5.83. The third kappa shape index (κ3) is 0.763. The Morgan fingerprint density at radius 1 is 1.50 bits per heavy atom. The summed E-state index contributed by atoms with van der Waals surface area (Å²) in [5.41, 5.74) is 0.781. The molecule has 5 nitrogen and oxygen atoms in total. The molecule has 0 aliphatic heterocycles. The second-order valence-electron chi connectivity index (χ2n) is 2.38. The zero-order valence-electron chi connectivity index (χ0n) is 6.06. The molecule has 0 saturated heterocycles. The molecule has 0 spiro atoms. The average molecular weight is 164 g/mol. The van der Waals surface area contributed by atoms with Crippen LogP contribution in [0, 0.1) is 4.91 Å². The second-order valence-corrected chi connectivity index (χ2v) is 2.38. The molecule has 2 heterocycles. The molecule has 60 valence electrons. The highest BCUT2D eigenvalue weighted by molar-refractivity contribution is 5.85. The van der Waals surface area contributed by atoms with Crippen LogP contribution >= 0.6 is 0 Å². The standard InChI is InChI=1S/C7H5N3O2/c11-9-6-2-4-10(12)7-5(6)1-3-8-7/h1-4,12H/p+1. The van der Waals surface area contributed by atoms with Gasteiger partial charge in [0.25, 0.3) is 0 Å². The molecule has 2 rings (SSSR count). The fourth-order valence-corrected chi connectivity index (χ4v) is 1.14. The maximum Gasteiger partial charge on any atom is 0.328 e. The first-order valence-electron chi connectivity index (χ1n) is 3.37. The molecule has 0 aliphatic rings. The Labute approximate surface area is 67.2 Å². The fourth-order valence-electron chi connectivity index (χ4n) is 1.14. The Balaban J connectivity index is 2.91. The third-order valence-electron chi connectivity index (χ3n) is 1.70. The van der Waals surface area contributed by atoms with Gasteiger partial charge in [-0.3, -0.25) is 0 Å². The van der Waals surface area contributed by atoms with Crippen molar-refractivity contribution in [2.45, 2.75) is 0 Å². The van der Waals surface area contributed by atoms with Crippen molar-refractivity contribution in [3.63, 3.8) is 0 Å². The molecule has 0 saturated carbocycles. The normalized spacial score (nSPS) is 10.3. The number of H-pyrrole nitrogens is 1. The molecule has 0 aliphatic carbocycles. The zero-order chi connectivity index (χ0) is 8.55. The van der Waals surface area contributed by atoms with E-state index in [2.05, 4.69) is 10.2 Å². The third-order valence-corrected chi connectivity index (χ3v) is 1.70. The lowest BCUT2D eigenvalue weighted by molar-refractivity contribution is -0.885. The highest BCUT2D eigenvalue weighted by Crippen LogP contribution is 2.21. The molecule has 0 unspecified atom stereocenters. The van der Waals surface area contributed by atoms with Crippen molar-refractivity contribution in [2.75, 3.05) is 0 Å². The number of fused-ring (bicyclic) bond motifs is 1. The van der Waals surface area contributed by atoms with Gasteiger partial charge in [-0.2, -0.15) is 0 Å². The Hall–Kier alpha value is -1.91. The largest absolute Gasteiger partial charge is 0.350 e. The minimum absolute atomic E-state index is 0.316. The summed E-state index contributed by atoms with van der Waals surface area (Å²) in [7, 11) is 0. The van der Waals surface area contributed by atoms with Crippen molar-refractivity contribution in [1.82, 2.24) is 4.98 Å². The van der Waals surface area contributed by atoms with Gasteiger partial charge < -0.3 is 5.21 Å². The van der Waals surface area contributed by atoms with Gasteiger partial charge in [0.2, 0.25) is 0 Å². The van der Waals surface area contributed by atoms with Crippen LogP contribution in [-0.4, -0.2) is 10.2 Å². The number of nitroso groups, excluding NO2 is 1. The highest BCUT2D eigenvalue weighted by Gasteiger charge is 2.11. The van der Waals surface area contributed by atoms with Gasteiger partial charge in [0.1, 0.15) is 17.3 Å². The number of rotatable bonds is 1. The lowest BCUT2D eigenvalue weighted by Gasteiger charge is -1.90. The van der Waals surface area contributed by atoms with Gasteiger partial charge in [-0.15, -0.1) is 4.91 Å². The summed E-state index contributed by atoms with van der Waals surface area (Å²) in [6.07, 6.45) is 2.99. The molecule has 0 amide bonds. The molecule has 0 radical (unpaired) electrons. The van der Waals surface area contributed by atoms with Crippen molar-refractivity contribution >= 4 is 16.7 Å². The molecule has 2 aromatic rings. The zero-order valence-corrected chi connectivity index (χ0v) is 6.06. The molecule has 12 heavy (non-hydrogen) atoms. The van der Waals surface area contributed by atoms with E-state index >= 15 is 0 Å². The number of pyridine rings is 1. The molecular weight excluding hydrogens is 158 g/mol. The van der Waals surface area contributed by atoms with Crippen LogP contribution < -0.4 is 4.73 Å². The van der Waals surface area contributed by atoms with E-state index in [0.717, 1.165) is 4.73 Å². The number of hydrogen-bond donors (Lipinski definition) is 2. The topological polar surface area (TPSA) is 69.3 Å². The Kier molecular flexibility index (Phi) is 1.30. The van der Waals surface area contributed by atoms with Crippen molar-refractivity contribution in [2.24, 2.45) is 5.18 Å². The maximum atomic E-state index is 10.3. The Morgan fingerprint density at radius 3 is 3.08 bits per heavy atom. The van der Waals surface area contributed by atoms with Gasteiger partial charge in [-0.25, -0.2) is 4.98 Å². The summed E-state index contributed by atoms with van der Waals surface area (Å²) < 4.78 is 0.907. The van der Waals surface area contributed by atoms with Gasteiger partial charge in [-0.05, 0) is 11.2 Å². The van der Waals surface area contributed by atoms with Gasteiger partial charge in [-0.1, -0.05) is 4.73 Å². The van der Waals surface area contributed by atoms with Crippen LogP contribution in [0.1, 0.15) is 0 Å². The van der Waals surface area contributed by atoms with Crippen LogP contribution in [0.4, 0.5) is 5.69 Å². The van der Waals surface area contributed by atoms with Crippen LogP contribution in [0.5, 0.6) is 0 Å². The minimum Gasteiger partial charge on any atom is -0.350 e. The molecule has 0 fully saturated rings. The maximum absolute atomic E-state index is 10.3. The molecule has 2 aromatic heterocycles. The van der Waals surface area contributed by atoms with Gasteiger partial charge in [0.15, 0.2) is 0 Å². The SMILES string of the molecule is O=Nc1cc[n+](O)c2[nH]ccc12. The van der Waals surface area contributed by atoms with Crippen molar-refractivity contribution in [3.05, 3.63) is 29.4 Å². The van der Waals surface area contributed by atoms with E-state index in [9.17, 15) is 10.1 Å². The van der Waals surface area contributed by atoms with Gasteiger partial charge >= 0.3 is 5.65 Å². The van der Waals surface area contributed by atoms with Crippen LogP contribution in [-0.2, 0) is 0 Å². The molecule has 5 heteroatoms. The van der Waals surface area contributed by atoms with E-state index in [4.69, 9.17) is 0 Å². The van der Waals surface area contributed by atoms with E-state index in [1.54, 1.807) is 12.3 Å². The summed E-state index contributed by atoms with van der Waals surface area (Å²) in [5.74, 6) is 0. The number of nitrogens with one attached hydrogen (secondary N) is 1. The number of nitrogens with zero attached hydrogens (tertiary/aromatic N) is 2. The van der Waals surface area contributed by atoms with Crippen molar-refractivity contribution in [3.8, 4) is 0 Å². The van der Waals surface area contributed by atoms with E-state index in [1.807, 2.05) is 0 Å². The second kappa shape index (κ2) is 2.30. The average Bonchev–Trinajstić information content (AvgIpc) is 2.54. The van der Waals surface area contributed by atoms with Crippen LogP contribution in [0.15, 0.2) is 29.7 Å². The first kappa shape index (κ1) is 6.78. The molecule has 0 aromatic carbocycles. The molecule has 0 bridgehead atoms. The highest BCUT2D eigenvalue weighted by atomic mass is 16.5.